The van der Waals surface area contributed by atoms with E-state index in [0.29, 0.717) is 16.4 Å². The zero-order chi connectivity index (χ0) is 14.5. The van der Waals surface area contributed by atoms with E-state index < -0.39 is 0 Å². The van der Waals surface area contributed by atoms with Gasteiger partial charge in [-0.2, -0.15) is 5.10 Å². The van der Waals surface area contributed by atoms with E-state index in [1.54, 1.807) is 12.1 Å². The van der Waals surface area contributed by atoms with Gasteiger partial charge in [-0.15, -0.1) is 0 Å². The zero-order valence-corrected chi connectivity index (χ0v) is 11.5. The molecule has 21 heavy (non-hydrogen) atoms. The topological polar surface area (TPSA) is 109 Å². The predicted octanol–water partition coefficient (Wildman–Crippen LogP) is 1.19. The lowest BCUT2D eigenvalue weighted by molar-refractivity contribution is -0.118. The number of carbonyl (C=O) groups is 1. The van der Waals surface area contributed by atoms with Crippen LogP contribution in [0, 0.1) is 0 Å². The first-order valence-electron chi connectivity index (χ1n) is 5.95. The summed E-state index contributed by atoms with van der Waals surface area (Å²) in [5, 5.41) is 4.46. The third kappa shape index (κ3) is 3.26. The van der Waals surface area contributed by atoms with Crippen LogP contribution in [0.2, 0.25) is 0 Å². The minimum Gasteiger partial charge on any atom is -0.463 e. The van der Waals surface area contributed by atoms with Crippen molar-refractivity contribution in [3.8, 4) is 0 Å². The molecule has 2 N–H and O–H groups in total. The summed E-state index contributed by atoms with van der Waals surface area (Å²) in [6.07, 6.45) is 5.92. The molecule has 0 atom stereocenters. The first kappa shape index (κ1) is 13.3. The second-order valence-corrected chi connectivity index (χ2v) is 4.84. The molecule has 3 aromatic rings. The Kier molecular flexibility index (Phi) is 3.92. The summed E-state index contributed by atoms with van der Waals surface area (Å²) in [5.41, 5.74) is 3.70. The molecule has 9 heteroatoms. The maximum Gasteiger partial charge on any atom is 0.250 e. The van der Waals surface area contributed by atoms with Gasteiger partial charge < -0.3 is 9.40 Å². The molecule has 0 saturated carbocycles. The van der Waals surface area contributed by atoms with Crippen molar-refractivity contribution in [3.63, 3.8) is 0 Å². The molecule has 0 bridgehead atoms. The van der Waals surface area contributed by atoms with E-state index in [4.69, 9.17) is 4.42 Å². The van der Waals surface area contributed by atoms with Crippen LogP contribution in [0.3, 0.4) is 0 Å². The molecule has 8 nitrogen and oxygen atoms in total. The van der Waals surface area contributed by atoms with Gasteiger partial charge >= 0.3 is 0 Å². The number of thioether (sulfide) groups is 1. The molecule has 0 unspecified atom stereocenters. The van der Waals surface area contributed by atoms with Crippen molar-refractivity contribution in [1.29, 1.82) is 0 Å². The maximum atomic E-state index is 11.7. The number of hydrogen-bond acceptors (Lipinski definition) is 7. The van der Waals surface area contributed by atoms with Crippen molar-refractivity contribution in [1.82, 2.24) is 25.4 Å². The number of amides is 1. The lowest BCUT2D eigenvalue weighted by Crippen LogP contribution is -2.19. The Balaban J connectivity index is 1.55. The molecule has 0 saturated heterocycles. The predicted molar refractivity (Wildman–Crippen MR) is 76.9 cm³/mol. The Morgan fingerprint density at radius 2 is 2.43 bits per heavy atom. The highest BCUT2D eigenvalue weighted by molar-refractivity contribution is 8.00. The van der Waals surface area contributed by atoms with E-state index in [2.05, 4.69) is 30.5 Å². The van der Waals surface area contributed by atoms with Crippen LogP contribution in [0.4, 0.5) is 0 Å². The second-order valence-electron chi connectivity index (χ2n) is 3.88. The average Bonchev–Trinajstić information content (AvgIpc) is 3.16. The fraction of sp³-hybridized carbons (Fsp3) is 0.0833. The number of nitrogens with one attached hydrogen (secondary N) is 2. The van der Waals surface area contributed by atoms with E-state index in [-0.39, 0.29) is 11.7 Å². The highest BCUT2D eigenvalue weighted by atomic mass is 32.2. The van der Waals surface area contributed by atoms with Crippen molar-refractivity contribution in [2.45, 2.75) is 5.03 Å². The third-order valence-corrected chi connectivity index (χ3v) is 3.44. The van der Waals surface area contributed by atoms with Crippen molar-refractivity contribution in [3.05, 3.63) is 36.8 Å². The number of rotatable bonds is 5. The van der Waals surface area contributed by atoms with Gasteiger partial charge in [-0.1, -0.05) is 11.8 Å². The zero-order valence-electron chi connectivity index (χ0n) is 10.7. The van der Waals surface area contributed by atoms with Crippen LogP contribution in [0.15, 0.2) is 45.6 Å². The van der Waals surface area contributed by atoms with E-state index in [0.717, 1.165) is 5.52 Å². The standard InChI is InChI=1S/C12H10N6O2S/c19-9(18-17-4-8-2-1-3-20-8)5-21-12-10-11(14-6-13-10)15-7-16-12/h1-4,6-7H,5H2,(H,18,19)(H,13,14,15,16)/b17-4+. The smallest absolute Gasteiger partial charge is 0.250 e. The van der Waals surface area contributed by atoms with Crippen LogP contribution < -0.4 is 5.43 Å². The fourth-order valence-electron chi connectivity index (χ4n) is 1.55. The van der Waals surface area contributed by atoms with E-state index in [9.17, 15) is 4.79 Å². The summed E-state index contributed by atoms with van der Waals surface area (Å²) in [6.45, 7) is 0. The van der Waals surface area contributed by atoms with Gasteiger partial charge in [-0.3, -0.25) is 4.79 Å². The van der Waals surface area contributed by atoms with E-state index in [1.165, 1.54) is 36.9 Å². The van der Waals surface area contributed by atoms with Crippen LogP contribution in [0.5, 0.6) is 0 Å². The molecule has 106 valence electrons. The summed E-state index contributed by atoms with van der Waals surface area (Å²) in [4.78, 5) is 26.8. The molecule has 0 aliphatic heterocycles. The quantitative estimate of drug-likeness (QED) is 0.317. The maximum absolute atomic E-state index is 11.7. The van der Waals surface area contributed by atoms with Gasteiger partial charge in [0.05, 0.1) is 24.6 Å². The number of H-pyrrole nitrogens is 1. The van der Waals surface area contributed by atoms with Gasteiger partial charge in [0.1, 0.15) is 22.6 Å². The number of aromatic amines is 1. The van der Waals surface area contributed by atoms with Gasteiger partial charge in [0, 0.05) is 0 Å². The minimum atomic E-state index is -0.242. The Labute approximate surface area is 123 Å². The molecule has 1 amide bonds. The Bertz CT molecular complexity index is 767. The number of imidazole rings is 1. The highest BCUT2D eigenvalue weighted by Crippen LogP contribution is 2.21. The molecule has 3 aromatic heterocycles. The van der Waals surface area contributed by atoms with Crippen molar-refractivity contribution in [2.24, 2.45) is 5.10 Å². The van der Waals surface area contributed by atoms with Crippen molar-refractivity contribution >= 4 is 35.0 Å². The number of furan rings is 1. The van der Waals surface area contributed by atoms with Gasteiger partial charge in [0.15, 0.2) is 5.65 Å². The molecular formula is C12H10N6O2S. The van der Waals surface area contributed by atoms with Crippen LogP contribution in [0.1, 0.15) is 5.76 Å². The lowest BCUT2D eigenvalue weighted by atomic mass is 10.5. The molecule has 0 aliphatic rings. The van der Waals surface area contributed by atoms with Crippen molar-refractivity contribution < 1.29 is 9.21 Å². The summed E-state index contributed by atoms with van der Waals surface area (Å²) in [7, 11) is 0. The number of hydrogen-bond donors (Lipinski definition) is 2. The van der Waals surface area contributed by atoms with Crippen LogP contribution in [-0.4, -0.2) is 37.8 Å². The molecular weight excluding hydrogens is 292 g/mol. The molecule has 3 rings (SSSR count). The Hall–Kier alpha value is -2.68. The monoisotopic (exact) mass is 302 g/mol. The SMILES string of the molecule is O=C(CSc1ncnc2nc[nH]c12)N/N=C/c1ccco1. The van der Waals surface area contributed by atoms with Crippen LogP contribution in [-0.2, 0) is 4.79 Å². The number of nitrogens with zero attached hydrogens (tertiary/aromatic N) is 4. The molecule has 0 spiro atoms. The molecule has 0 aliphatic carbocycles. The first-order chi connectivity index (χ1) is 10.3. The Morgan fingerprint density at radius 3 is 3.29 bits per heavy atom. The largest absolute Gasteiger partial charge is 0.463 e. The Morgan fingerprint density at radius 1 is 1.48 bits per heavy atom. The van der Waals surface area contributed by atoms with Crippen LogP contribution >= 0.6 is 11.8 Å². The fourth-order valence-corrected chi connectivity index (χ4v) is 2.30. The normalized spacial score (nSPS) is 11.2. The summed E-state index contributed by atoms with van der Waals surface area (Å²) >= 11 is 1.28. The van der Waals surface area contributed by atoms with Gasteiger partial charge in [-0.25, -0.2) is 20.4 Å². The summed E-state index contributed by atoms with van der Waals surface area (Å²) < 4.78 is 5.05. The molecule has 0 fully saturated rings. The number of fused-ring (bicyclic) bond motifs is 1. The minimum absolute atomic E-state index is 0.181. The lowest BCUT2D eigenvalue weighted by Gasteiger charge is -2.00. The summed E-state index contributed by atoms with van der Waals surface area (Å²) in [6, 6.07) is 3.48. The number of hydrazone groups is 1. The van der Waals surface area contributed by atoms with E-state index >= 15 is 0 Å². The van der Waals surface area contributed by atoms with E-state index in [1.807, 2.05) is 0 Å². The first-order valence-corrected chi connectivity index (χ1v) is 6.94. The molecule has 3 heterocycles. The van der Waals surface area contributed by atoms with Crippen LogP contribution in [0.25, 0.3) is 11.2 Å². The molecule has 0 radical (unpaired) electrons. The van der Waals surface area contributed by atoms with Gasteiger partial charge in [0.25, 0.3) is 0 Å². The molecule has 0 aromatic carbocycles. The third-order valence-electron chi connectivity index (χ3n) is 2.45. The second kappa shape index (κ2) is 6.18. The highest BCUT2D eigenvalue weighted by Gasteiger charge is 2.08. The average molecular weight is 302 g/mol. The number of carbonyl (C=O) groups excluding carboxylic acids is 1. The van der Waals surface area contributed by atoms with Gasteiger partial charge in [0.2, 0.25) is 5.91 Å². The van der Waals surface area contributed by atoms with Crippen molar-refractivity contribution in [2.75, 3.05) is 5.75 Å². The van der Waals surface area contributed by atoms with Gasteiger partial charge in [-0.05, 0) is 12.1 Å². The summed E-state index contributed by atoms with van der Waals surface area (Å²) in [5.74, 6) is 0.507. The number of aromatic nitrogens is 4.